The molecule has 0 saturated carbocycles. The topological polar surface area (TPSA) is 43.4 Å². The van der Waals surface area contributed by atoms with Crippen LogP contribution in [0.3, 0.4) is 0 Å². The van der Waals surface area contributed by atoms with Gasteiger partial charge in [-0.3, -0.25) is 9.59 Å². The molecule has 0 fully saturated rings. The third-order valence-electron chi connectivity index (χ3n) is 2.32. The Morgan fingerprint density at radius 3 is 2.39 bits per heavy atom. The van der Waals surface area contributed by atoms with Gasteiger partial charge in [0.05, 0.1) is 13.5 Å². The second kappa shape index (κ2) is 7.87. The van der Waals surface area contributed by atoms with E-state index in [1.165, 1.54) is 43.1 Å². The number of rotatable bonds is 7. The Hall–Kier alpha value is -1.36. The molecule has 1 aromatic rings. The molecule has 0 heterocycles. The third kappa shape index (κ3) is 5.31. The average molecular weight is 270 g/mol. The van der Waals surface area contributed by atoms with E-state index >= 15 is 0 Å². The van der Waals surface area contributed by atoms with Crippen molar-refractivity contribution >= 4 is 23.5 Å². The lowest BCUT2D eigenvalue weighted by atomic mass is 10.1. The number of hydrogen-bond acceptors (Lipinski definition) is 4. The molecule has 0 N–H and O–H groups in total. The summed E-state index contributed by atoms with van der Waals surface area (Å²) in [5, 5.41) is 0. The van der Waals surface area contributed by atoms with Crippen molar-refractivity contribution in [3.05, 3.63) is 35.6 Å². The van der Waals surface area contributed by atoms with Crippen molar-refractivity contribution in [3.8, 4) is 0 Å². The molecule has 0 saturated heterocycles. The van der Waals surface area contributed by atoms with E-state index in [1.807, 2.05) is 0 Å². The minimum absolute atomic E-state index is 0.0134. The molecule has 0 aromatic heterocycles. The number of ether oxygens (including phenoxy) is 1. The van der Waals surface area contributed by atoms with Crippen LogP contribution in [0.4, 0.5) is 4.39 Å². The summed E-state index contributed by atoms with van der Waals surface area (Å²) in [7, 11) is 1.35. The molecule has 98 valence electrons. The summed E-state index contributed by atoms with van der Waals surface area (Å²) in [5.41, 5.74) is 0.518. The molecule has 0 aliphatic heterocycles. The monoisotopic (exact) mass is 270 g/mol. The number of Topliss-reactive ketones (excluding diaryl/α,β-unsaturated/α-hetero) is 1. The van der Waals surface area contributed by atoms with Crippen molar-refractivity contribution in [2.45, 2.75) is 12.8 Å². The van der Waals surface area contributed by atoms with Gasteiger partial charge in [-0.25, -0.2) is 4.39 Å². The van der Waals surface area contributed by atoms with Crippen LogP contribution in [0.1, 0.15) is 23.2 Å². The Morgan fingerprint density at radius 1 is 1.17 bits per heavy atom. The fourth-order valence-corrected chi connectivity index (χ4v) is 2.15. The first kappa shape index (κ1) is 14.7. The van der Waals surface area contributed by atoms with Gasteiger partial charge in [0.25, 0.3) is 0 Å². The molecule has 0 aliphatic rings. The maximum Gasteiger partial charge on any atom is 0.306 e. The van der Waals surface area contributed by atoms with Crippen LogP contribution in [-0.4, -0.2) is 30.4 Å². The van der Waals surface area contributed by atoms with E-state index in [2.05, 4.69) is 4.74 Å². The van der Waals surface area contributed by atoms with Crippen molar-refractivity contribution in [2.75, 3.05) is 18.6 Å². The lowest BCUT2D eigenvalue weighted by Crippen LogP contribution is -2.03. The Morgan fingerprint density at radius 2 is 1.78 bits per heavy atom. The number of halogens is 1. The zero-order valence-corrected chi connectivity index (χ0v) is 11.0. The van der Waals surface area contributed by atoms with Gasteiger partial charge in [-0.2, -0.15) is 11.8 Å². The second-order valence-corrected chi connectivity index (χ2v) is 4.84. The summed E-state index contributed by atoms with van der Waals surface area (Å²) >= 11 is 1.53. The first-order valence-corrected chi connectivity index (χ1v) is 6.72. The number of hydrogen-bond donors (Lipinski definition) is 0. The number of esters is 1. The van der Waals surface area contributed by atoms with Gasteiger partial charge in [0.1, 0.15) is 5.82 Å². The fourth-order valence-electron chi connectivity index (χ4n) is 1.30. The summed E-state index contributed by atoms with van der Waals surface area (Å²) < 4.78 is 17.2. The van der Waals surface area contributed by atoms with Gasteiger partial charge in [0, 0.05) is 23.5 Å². The third-order valence-corrected chi connectivity index (χ3v) is 3.30. The minimum atomic E-state index is -0.348. The summed E-state index contributed by atoms with van der Waals surface area (Å²) in [5.74, 6) is 0.684. The lowest BCUT2D eigenvalue weighted by molar-refractivity contribution is -0.140. The molecule has 0 radical (unpaired) electrons. The van der Waals surface area contributed by atoms with E-state index < -0.39 is 0 Å². The molecule has 0 unspecified atom stereocenters. The molecular formula is C13H15FO3S. The molecule has 0 aliphatic carbocycles. The maximum absolute atomic E-state index is 12.7. The van der Waals surface area contributed by atoms with Crippen LogP contribution < -0.4 is 0 Å². The maximum atomic E-state index is 12.7. The first-order valence-electron chi connectivity index (χ1n) is 5.57. The van der Waals surface area contributed by atoms with Gasteiger partial charge in [0.15, 0.2) is 5.78 Å². The van der Waals surface area contributed by atoms with Crippen molar-refractivity contribution in [2.24, 2.45) is 0 Å². The van der Waals surface area contributed by atoms with Crippen LogP contribution in [0.25, 0.3) is 0 Å². The summed E-state index contributed by atoms with van der Waals surface area (Å²) in [6.45, 7) is 0. The Labute approximate surface area is 110 Å². The standard InChI is InChI=1S/C13H15FO3S/c1-17-13(16)7-9-18-8-6-12(15)10-2-4-11(14)5-3-10/h2-5H,6-9H2,1H3. The van der Waals surface area contributed by atoms with Gasteiger partial charge >= 0.3 is 5.97 Å². The molecular weight excluding hydrogens is 255 g/mol. The molecule has 1 aromatic carbocycles. The van der Waals surface area contributed by atoms with Crippen molar-refractivity contribution < 1.29 is 18.7 Å². The lowest BCUT2D eigenvalue weighted by Gasteiger charge is -2.01. The van der Waals surface area contributed by atoms with E-state index in [4.69, 9.17) is 0 Å². The molecule has 18 heavy (non-hydrogen) atoms. The van der Waals surface area contributed by atoms with E-state index in [0.29, 0.717) is 29.9 Å². The highest BCUT2D eigenvalue weighted by molar-refractivity contribution is 7.99. The Bertz CT molecular complexity index is 403. The van der Waals surface area contributed by atoms with Crippen LogP contribution in [0.15, 0.2) is 24.3 Å². The average Bonchev–Trinajstić information content (AvgIpc) is 2.38. The molecule has 1 rings (SSSR count). The molecule has 0 spiro atoms. The zero-order valence-electron chi connectivity index (χ0n) is 10.1. The van der Waals surface area contributed by atoms with Gasteiger partial charge in [-0.05, 0) is 24.3 Å². The highest BCUT2D eigenvalue weighted by Crippen LogP contribution is 2.10. The Balaban J connectivity index is 2.21. The highest BCUT2D eigenvalue weighted by atomic mass is 32.2. The molecule has 0 bridgehead atoms. The SMILES string of the molecule is COC(=O)CCSCCC(=O)c1ccc(F)cc1. The van der Waals surface area contributed by atoms with Crippen LogP contribution >= 0.6 is 11.8 Å². The minimum Gasteiger partial charge on any atom is -0.469 e. The van der Waals surface area contributed by atoms with E-state index in [9.17, 15) is 14.0 Å². The fraction of sp³-hybridized carbons (Fsp3) is 0.385. The summed E-state index contributed by atoms with van der Waals surface area (Å²) in [4.78, 5) is 22.5. The Kier molecular flexibility index (Phi) is 6.43. The van der Waals surface area contributed by atoms with Gasteiger partial charge in [-0.15, -0.1) is 0 Å². The number of thioether (sulfide) groups is 1. The molecule has 0 atom stereocenters. The number of carbonyl (C=O) groups is 2. The van der Waals surface area contributed by atoms with Crippen LogP contribution in [-0.2, 0) is 9.53 Å². The second-order valence-electron chi connectivity index (χ2n) is 3.62. The highest BCUT2D eigenvalue weighted by Gasteiger charge is 2.06. The predicted octanol–water partition coefficient (Wildman–Crippen LogP) is 2.69. The molecule has 3 nitrogen and oxygen atoms in total. The van der Waals surface area contributed by atoms with E-state index in [-0.39, 0.29) is 17.6 Å². The van der Waals surface area contributed by atoms with Gasteiger partial charge < -0.3 is 4.74 Å². The van der Waals surface area contributed by atoms with Crippen LogP contribution in [0.5, 0.6) is 0 Å². The molecule has 5 heteroatoms. The summed E-state index contributed by atoms with van der Waals surface area (Å²) in [6.07, 6.45) is 0.739. The van der Waals surface area contributed by atoms with Crippen molar-refractivity contribution in [3.63, 3.8) is 0 Å². The normalized spacial score (nSPS) is 10.1. The predicted molar refractivity (Wildman–Crippen MR) is 69.3 cm³/mol. The summed E-state index contributed by atoms with van der Waals surface area (Å²) in [6, 6.07) is 5.52. The van der Waals surface area contributed by atoms with Crippen LogP contribution in [0, 0.1) is 5.82 Å². The number of benzene rings is 1. The zero-order chi connectivity index (χ0) is 13.4. The van der Waals surface area contributed by atoms with E-state index in [1.54, 1.807) is 0 Å². The van der Waals surface area contributed by atoms with Crippen molar-refractivity contribution in [1.82, 2.24) is 0 Å². The number of ketones is 1. The van der Waals surface area contributed by atoms with Gasteiger partial charge in [-0.1, -0.05) is 0 Å². The number of methoxy groups -OCH3 is 1. The smallest absolute Gasteiger partial charge is 0.306 e. The van der Waals surface area contributed by atoms with Crippen LogP contribution in [0.2, 0.25) is 0 Å². The quantitative estimate of drug-likeness (QED) is 0.434. The van der Waals surface area contributed by atoms with Crippen molar-refractivity contribution in [1.29, 1.82) is 0 Å². The largest absolute Gasteiger partial charge is 0.469 e. The molecule has 0 amide bonds. The van der Waals surface area contributed by atoms with E-state index in [0.717, 1.165) is 0 Å². The number of carbonyl (C=O) groups excluding carboxylic acids is 2. The first-order chi connectivity index (χ1) is 8.63. The van der Waals surface area contributed by atoms with Gasteiger partial charge in [0.2, 0.25) is 0 Å².